The number of hydrogen-bond donors (Lipinski definition) is 1. The van der Waals surface area contributed by atoms with Gasteiger partial charge in [-0.05, 0) is 31.2 Å². The number of anilines is 1. The van der Waals surface area contributed by atoms with Crippen molar-refractivity contribution in [2.24, 2.45) is 0 Å². The largest absolute Gasteiger partial charge is 0.439 e. The maximum atomic E-state index is 12.0. The summed E-state index contributed by atoms with van der Waals surface area (Å²) in [6.45, 7) is 2.02. The minimum atomic E-state index is -0.168. The number of amides is 1. The summed E-state index contributed by atoms with van der Waals surface area (Å²) in [5, 5.41) is 11.7. The van der Waals surface area contributed by atoms with E-state index < -0.39 is 0 Å². The lowest BCUT2D eigenvalue weighted by Gasteiger charge is -2.08. The zero-order valence-corrected chi connectivity index (χ0v) is 13.5. The number of ether oxygens (including phenoxy) is 1. The molecule has 25 heavy (non-hydrogen) atoms. The standard InChI is InChI=1S/C18H15N5O2/c1-13-20-7-8-23(13)12-17(24)22-15-5-6-18(21-11-15)25-16-4-2-3-14(9-16)10-19/h2-9,11H,12H2,1H3,(H,22,24). The van der Waals surface area contributed by atoms with Gasteiger partial charge in [0, 0.05) is 18.5 Å². The van der Waals surface area contributed by atoms with E-state index in [4.69, 9.17) is 10.00 Å². The first kappa shape index (κ1) is 16.2. The Morgan fingerprint density at radius 1 is 1.32 bits per heavy atom. The molecule has 0 radical (unpaired) electrons. The van der Waals surface area contributed by atoms with Crippen LogP contribution < -0.4 is 10.1 Å². The summed E-state index contributed by atoms with van der Waals surface area (Å²) in [5.74, 6) is 1.51. The van der Waals surface area contributed by atoms with Crippen molar-refractivity contribution in [2.45, 2.75) is 13.5 Å². The predicted octanol–water partition coefficient (Wildman–Crippen LogP) is 2.89. The molecule has 124 valence electrons. The molecule has 0 aliphatic heterocycles. The molecule has 2 heterocycles. The Morgan fingerprint density at radius 2 is 2.20 bits per heavy atom. The molecule has 7 heteroatoms. The first-order valence-corrected chi connectivity index (χ1v) is 7.56. The number of nitrogens with zero attached hydrogens (tertiary/aromatic N) is 4. The number of aryl methyl sites for hydroxylation is 1. The molecule has 0 bridgehead atoms. The summed E-state index contributed by atoms with van der Waals surface area (Å²) in [4.78, 5) is 20.3. The van der Waals surface area contributed by atoms with E-state index in [-0.39, 0.29) is 12.5 Å². The molecule has 7 nitrogen and oxygen atoms in total. The third-order valence-electron chi connectivity index (χ3n) is 3.44. The molecule has 0 aliphatic carbocycles. The Bertz CT molecular complexity index is 925. The van der Waals surface area contributed by atoms with Crippen LogP contribution in [0.5, 0.6) is 11.6 Å². The van der Waals surface area contributed by atoms with E-state index in [0.29, 0.717) is 22.9 Å². The van der Waals surface area contributed by atoms with Gasteiger partial charge in [0.05, 0.1) is 23.5 Å². The average Bonchev–Trinajstić information content (AvgIpc) is 3.01. The molecule has 0 saturated heterocycles. The number of benzene rings is 1. The number of nitriles is 1. The molecule has 2 aromatic heterocycles. The monoisotopic (exact) mass is 333 g/mol. The van der Waals surface area contributed by atoms with Crippen LogP contribution in [0.2, 0.25) is 0 Å². The highest BCUT2D eigenvalue weighted by atomic mass is 16.5. The first-order valence-electron chi connectivity index (χ1n) is 7.56. The molecule has 0 fully saturated rings. The van der Waals surface area contributed by atoms with E-state index in [1.54, 1.807) is 53.4 Å². The Kier molecular flexibility index (Phi) is 4.72. The van der Waals surface area contributed by atoms with E-state index in [0.717, 1.165) is 5.82 Å². The molecule has 0 aliphatic rings. The number of nitrogens with one attached hydrogen (secondary N) is 1. The fourth-order valence-corrected chi connectivity index (χ4v) is 2.19. The quantitative estimate of drug-likeness (QED) is 0.775. The van der Waals surface area contributed by atoms with Gasteiger partial charge < -0.3 is 14.6 Å². The summed E-state index contributed by atoms with van der Waals surface area (Å²) in [7, 11) is 0. The van der Waals surface area contributed by atoms with Gasteiger partial charge in [-0.15, -0.1) is 0 Å². The van der Waals surface area contributed by atoms with Crippen LogP contribution >= 0.6 is 0 Å². The minimum absolute atomic E-state index is 0.168. The fourth-order valence-electron chi connectivity index (χ4n) is 2.19. The molecule has 0 spiro atoms. The summed E-state index contributed by atoms with van der Waals surface area (Å²) >= 11 is 0. The van der Waals surface area contributed by atoms with Crippen molar-refractivity contribution in [3.05, 3.63) is 66.4 Å². The molecular formula is C18H15N5O2. The number of hydrogen-bond acceptors (Lipinski definition) is 5. The van der Waals surface area contributed by atoms with Crippen molar-refractivity contribution in [3.63, 3.8) is 0 Å². The van der Waals surface area contributed by atoms with Gasteiger partial charge in [-0.3, -0.25) is 4.79 Å². The molecule has 3 rings (SSSR count). The lowest BCUT2D eigenvalue weighted by molar-refractivity contribution is -0.116. The van der Waals surface area contributed by atoms with Crippen LogP contribution in [0.1, 0.15) is 11.4 Å². The number of carbonyl (C=O) groups excluding carboxylic acids is 1. The van der Waals surface area contributed by atoms with Crippen molar-refractivity contribution in [3.8, 4) is 17.7 Å². The van der Waals surface area contributed by atoms with Gasteiger partial charge >= 0.3 is 0 Å². The van der Waals surface area contributed by atoms with Crippen LogP contribution in [-0.4, -0.2) is 20.4 Å². The molecule has 3 aromatic rings. The minimum Gasteiger partial charge on any atom is -0.439 e. The van der Waals surface area contributed by atoms with Crippen molar-refractivity contribution in [1.29, 1.82) is 5.26 Å². The maximum absolute atomic E-state index is 12.0. The normalized spacial score (nSPS) is 10.1. The number of carbonyl (C=O) groups is 1. The second-order valence-electron chi connectivity index (χ2n) is 5.28. The maximum Gasteiger partial charge on any atom is 0.244 e. The summed E-state index contributed by atoms with van der Waals surface area (Å²) < 4.78 is 7.35. The number of pyridine rings is 1. The van der Waals surface area contributed by atoms with Crippen LogP contribution in [0.15, 0.2) is 55.0 Å². The molecule has 1 aromatic carbocycles. The Labute approximate surface area is 144 Å². The Hall–Kier alpha value is -3.66. The predicted molar refractivity (Wildman–Crippen MR) is 91.1 cm³/mol. The zero-order valence-electron chi connectivity index (χ0n) is 13.5. The van der Waals surface area contributed by atoms with Crippen LogP contribution in [0.25, 0.3) is 0 Å². The fraction of sp³-hybridized carbons (Fsp3) is 0.111. The Morgan fingerprint density at radius 3 is 2.88 bits per heavy atom. The van der Waals surface area contributed by atoms with E-state index in [9.17, 15) is 4.79 Å². The molecule has 0 saturated carbocycles. The van der Waals surface area contributed by atoms with Gasteiger partial charge in [0.2, 0.25) is 11.8 Å². The van der Waals surface area contributed by atoms with Gasteiger partial charge in [-0.1, -0.05) is 6.07 Å². The van der Waals surface area contributed by atoms with Crippen molar-refractivity contribution >= 4 is 11.6 Å². The molecule has 0 unspecified atom stereocenters. The highest BCUT2D eigenvalue weighted by Crippen LogP contribution is 2.21. The number of imidazole rings is 1. The molecular weight excluding hydrogens is 318 g/mol. The lowest BCUT2D eigenvalue weighted by atomic mass is 10.2. The van der Waals surface area contributed by atoms with Gasteiger partial charge in [-0.25, -0.2) is 9.97 Å². The third-order valence-corrected chi connectivity index (χ3v) is 3.44. The Balaban J connectivity index is 1.61. The summed E-state index contributed by atoms with van der Waals surface area (Å²) in [6.07, 6.45) is 4.92. The van der Waals surface area contributed by atoms with E-state index in [1.165, 1.54) is 6.20 Å². The topological polar surface area (TPSA) is 92.8 Å². The molecule has 0 atom stereocenters. The first-order chi connectivity index (χ1) is 12.1. The summed E-state index contributed by atoms with van der Waals surface area (Å²) in [6, 6.07) is 12.2. The van der Waals surface area contributed by atoms with Crippen LogP contribution in [0, 0.1) is 18.3 Å². The van der Waals surface area contributed by atoms with Crippen LogP contribution in [0.4, 0.5) is 5.69 Å². The van der Waals surface area contributed by atoms with Crippen molar-refractivity contribution in [2.75, 3.05) is 5.32 Å². The van der Waals surface area contributed by atoms with Crippen LogP contribution in [-0.2, 0) is 11.3 Å². The second-order valence-corrected chi connectivity index (χ2v) is 5.28. The van der Waals surface area contributed by atoms with Gasteiger partial charge in [0.15, 0.2) is 0 Å². The van der Waals surface area contributed by atoms with E-state index in [2.05, 4.69) is 21.4 Å². The highest BCUT2D eigenvalue weighted by Gasteiger charge is 2.06. The second kappa shape index (κ2) is 7.27. The average molecular weight is 333 g/mol. The van der Waals surface area contributed by atoms with Gasteiger partial charge in [0.1, 0.15) is 18.1 Å². The smallest absolute Gasteiger partial charge is 0.244 e. The van der Waals surface area contributed by atoms with Crippen LogP contribution in [0.3, 0.4) is 0 Å². The SMILES string of the molecule is Cc1nccn1CC(=O)Nc1ccc(Oc2cccc(C#N)c2)nc1. The number of rotatable bonds is 5. The highest BCUT2D eigenvalue weighted by molar-refractivity contribution is 5.90. The molecule has 1 N–H and O–H groups in total. The summed E-state index contributed by atoms with van der Waals surface area (Å²) in [5.41, 5.74) is 1.08. The third kappa shape index (κ3) is 4.20. The zero-order chi connectivity index (χ0) is 17.6. The van der Waals surface area contributed by atoms with E-state index >= 15 is 0 Å². The molecule has 1 amide bonds. The van der Waals surface area contributed by atoms with Gasteiger partial charge in [-0.2, -0.15) is 5.26 Å². The van der Waals surface area contributed by atoms with E-state index in [1.807, 2.05) is 6.92 Å². The van der Waals surface area contributed by atoms with Crippen molar-refractivity contribution in [1.82, 2.24) is 14.5 Å². The number of aromatic nitrogens is 3. The van der Waals surface area contributed by atoms with Crippen molar-refractivity contribution < 1.29 is 9.53 Å². The lowest BCUT2D eigenvalue weighted by Crippen LogP contribution is -2.19. The van der Waals surface area contributed by atoms with Gasteiger partial charge in [0.25, 0.3) is 0 Å².